The monoisotopic (exact) mass is 236 g/mol. The van der Waals surface area contributed by atoms with Crippen molar-refractivity contribution in [2.24, 2.45) is 5.92 Å². The lowest BCUT2D eigenvalue weighted by Crippen LogP contribution is -2.46. The van der Waals surface area contributed by atoms with Crippen LogP contribution in [-0.4, -0.2) is 40.1 Å². The summed E-state index contributed by atoms with van der Waals surface area (Å²) in [6, 6.07) is 4.49. The molecule has 1 amide bonds. The Balaban J connectivity index is 2.13. The molecule has 1 aromatic heterocycles. The third kappa shape index (κ3) is 2.55. The average Bonchev–Trinajstić information content (AvgIpc) is 2.32. The van der Waals surface area contributed by atoms with Crippen LogP contribution in [0.4, 0.5) is 0 Å². The van der Waals surface area contributed by atoms with E-state index in [0.29, 0.717) is 13.1 Å². The molecule has 92 valence electrons. The smallest absolute Gasteiger partial charge is 0.270 e. The molecule has 17 heavy (non-hydrogen) atoms. The third-order valence-electron chi connectivity index (χ3n) is 3.20. The lowest BCUT2D eigenvalue weighted by molar-refractivity contribution is 0.0245. The summed E-state index contributed by atoms with van der Waals surface area (Å²) in [4.78, 5) is 27.2. The van der Waals surface area contributed by atoms with Crippen molar-refractivity contribution in [3.05, 3.63) is 34.2 Å². The summed E-state index contributed by atoms with van der Waals surface area (Å²) < 4.78 is 0. The first-order valence-electron chi connectivity index (χ1n) is 5.74. The molecular weight excluding hydrogens is 220 g/mol. The molecule has 0 saturated carbocycles. The van der Waals surface area contributed by atoms with Gasteiger partial charge in [0.05, 0.1) is 6.10 Å². The number of piperidine rings is 1. The number of H-pyrrole nitrogens is 1. The van der Waals surface area contributed by atoms with E-state index in [1.807, 2.05) is 6.92 Å². The molecule has 1 aromatic rings. The van der Waals surface area contributed by atoms with E-state index in [1.165, 1.54) is 6.07 Å². The van der Waals surface area contributed by atoms with Gasteiger partial charge in [-0.15, -0.1) is 0 Å². The molecule has 1 aliphatic heterocycles. The van der Waals surface area contributed by atoms with Gasteiger partial charge in [-0.1, -0.05) is 13.0 Å². The lowest BCUT2D eigenvalue weighted by atomic mass is 9.96. The van der Waals surface area contributed by atoms with Crippen LogP contribution in [0.15, 0.2) is 23.0 Å². The Hall–Kier alpha value is -1.62. The van der Waals surface area contributed by atoms with E-state index in [1.54, 1.807) is 17.0 Å². The largest absolute Gasteiger partial charge is 0.391 e. The van der Waals surface area contributed by atoms with Gasteiger partial charge in [0, 0.05) is 19.2 Å². The second-order valence-electron chi connectivity index (χ2n) is 4.51. The molecule has 0 spiro atoms. The van der Waals surface area contributed by atoms with Crippen molar-refractivity contribution in [1.82, 2.24) is 9.88 Å². The van der Waals surface area contributed by atoms with Crippen molar-refractivity contribution >= 4 is 5.91 Å². The quantitative estimate of drug-likeness (QED) is 0.732. The van der Waals surface area contributed by atoms with Crippen LogP contribution in [0.1, 0.15) is 23.8 Å². The number of aromatic amines is 1. The van der Waals surface area contributed by atoms with Crippen LogP contribution < -0.4 is 5.56 Å². The van der Waals surface area contributed by atoms with Crippen LogP contribution in [0.5, 0.6) is 0 Å². The Bertz CT molecular complexity index is 469. The number of amides is 1. The summed E-state index contributed by atoms with van der Waals surface area (Å²) in [6.07, 6.45) is 0.299. The minimum absolute atomic E-state index is 0.217. The fourth-order valence-corrected chi connectivity index (χ4v) is 1.98. The van der Waals surface area contributed by atoms with E-state index in [-0.39, 0.29) is 23.1 Å². The summed E-state index contributed by atoms with van der Waals surface area (Å²) in [7, 11) is 0. The standard InChI is InChI=1S/C12H16N2O3/c1-8-5-6-14(7-10(8)15)12(17)9-3-2-4-11(16)13-9/h2-4,8,10,15H,5-7H2,1H3,(H,13,16). The second kappa shape index (κ2) is 4.71. The number of nitrogens with zero attached hydrogens (tertiary/aromatic N) is 1. The molecule has 5 heteroatoms. The molecule has 5 nitrogen and oxygen atoms in total. The Morgan fingerprint density at radius 3 is 2.94 bits per heavy atom. The maximum absolute atomic E-state index is 12.0. The van der Waals surface area contributed by atoms with E-state index < -0.39 is 6.10 Å². The van der Waals surface area contributed by atoms with E-state index >= 15 is 0 Å². The molecule has 0 aliphatic carbocycles. The molecule has 1 fully saturated rings. The van der Waals surface area contributed by atoms with Gasteiger partial charge in [-0.25, -0.2) is 0 Å². The van der Waals surface area contributed by atoms with Gasteiger partial charge in [0.2, 0.25) is 5.56 Å². The predicted octanol–water partition coefficient (Wildman–Crippen LogP) is 0.218. The van der Waals surface area contributed by atoms with Crippen LogP contribution in [-0.2, 0) is 0 Å². The Morgan fingerprint density at radius 2 is 2.29 bits per heavy atom. The van der Waals surface area contributed by atoms with Gasteiger partial charge in [-0.05, 0) is 18.4 Å². The number of rotatable bonds is 1. The van der Waals surface area contributed by atoms with E-state index in [9.17, 15) is 14.7 Å². The van der Waals surface area contributed by atoms with Gasteiger partial charge >= 0.3 is 0 Å². The van der Waals surface area contributed by atoms with E-state index in [2.05, 4.69) is 4.98 Å². The van der Waals surface area contributed by atoms with Crippen molar-refractivity contribution < 1.29 is 9.90 Å². The van der Waals surface area contributed by atoms with Crippen molar-refractivity contribution in [3.63, 3.8) is 0 Å². The molecule has 2 heterocycles. The minimum atomic E-state index is -0.483. The third-order valence-corrected chi connectivity index (χ3v) is 3.20. The maximum atomic E-state index is 12.0. The number of nitrogens with one attached hydrogen (secondary N) is 1. The second-order valence-corrected chi connectivity index (χ2v) is 4.51. The van der Waals surface area contributed by atoms with Gasteiger partial charge < -0.3 is 15.0 Å². The van der Waals surface area contributed by atoms with E-state index in [4.69, 9.17) is 0 Å². The highest BCUT2D eigenvalue weighted by Crippen LogP contribution is 2.18. The number of hydrogen-bond acceptors (Lipinski definition) is 3. The maximum Gasteiger partial charge on any atom is 0.270 e. The van der Waals surface area contributed by atoms with Gasteiger partial charge in [-0.2, -0.15) is 0 Å². The molecule has 0 radical (unpaired) electrons. The molecule has 2 rings (SSSR count). The molecule has 2 unspecified atom stereocenters. The molecular formula is C12H16N2O3. The molecule has 0 aromatic carbocycles. The number of β-amino-alcohol motifs (C(OH)–C–C–N with tert-alkyl or cyclic N) is 1. The number of carbonyl (C=O) groups excluding carboxylic acids is 1. The predicted molar refractivity (Wildman–Crippen MR) is 62.8 cm³/mol. The zero-order valence-electron chi connectivity index (χ0n) is 9.72. The average molecular weight is 236 g/mol. The molecule has 2 atom stereocenters. The van der Waals surface area contributed by atoms with Crippen LogP contribution in [0.25, 0.3) is 0 Å². The zero-order chi connectivity index (χ0) is 12.4. The summed E-state index contributed by atoms with van der Waals surface area (Å²) in [5.41, 5.74) is -0.0129. The lowest BCUT2D eigenvalue weighted by Gasteiger charge is -2.34. The number of pyridine rings is 1. The first-order chi connectivity index (χ1) is 8.08. The van der Waals surface area contributed by atoms with Gasteiger partial charge in [0.25, 0.3) is 5.91 Å². The summed E-state index contributed by atoms with van der Waals surface area (Å²) in [5, 5.41) is 9.73. The molecule has 2 N–H and O–H groups in total. The van der Waals surface area contributed by atoms with Gasteiger partial charge in [-0.3, -0.25) is 9.59 Å². The molecule has 0 bridgehead atoms. The minimum Gasteiger partial charge on any atom is -0.391 e. The fraction of sp³-hybridized carbons (Fsp3) is 0.500. The Labute approximate surface area is 99.1 Å². The van der Waals surface area contributed by atoms with Crippen molar-refractivity contribution in [3.8, 4) is 0 Å². The van der Waals surface area contributed by atoms with Crippen molar-refractivity contribution in [2.45, 2.75) is 19.4 Å². The summed E-state index contributed by atoms with van der Waals surface area (Å²) in [5.74, 6) is -0.0116. The zero-order valence-corrected chi connectivity index (χ0v) is 9.72. The van der Waals surface area contributed by atoms with E-state index in [0.717, 1.165) is 6.42 Å². The normalized spacial score (nSPS) is 24.7. The van der Waals surface area contributed by atoms with Gasteiger partial charge in [0.1, 0.15) is 5.69 Å². The SMILES string of the molecule is CC1CCN(C(=O)c2cccc(=O)[nH]2)CC1O. The number of carbonyl (C=O) groups is 1. The fourth-order valence-electron chi connectivity index (χ4n) is 1.98. The van der Waals surface area contributed by atoms with Crippen LogP contribution in [0.2, 0.25) is 0 Å². The summed E-state index contributed by atoms with van der Waals surface area (Å²) >= 11 is 0. The highest BCUT2D eigenvalue weighted by molar-refractivity contribution is 5.92. The van der Waals surface area contributed by atoms with Crippen LogP contribution in [0, 0.1) is 5.92 Å². The topological polar surface area (TPSA) is 73.4 Å². The van der Waals surface area contributed by atoms with Crippen molar-refractivity contribution in [2.75, 3.05) is 13.1 Å². The highest BCUT2D eigenvalue weighted by Gasteiger charge is 2.28. The molecule has 1 saturated heterocycles. The Kier molecular flexibility index (Phi) is 3.28. The highest BCUT2D eigenvalue weighted by atomic mass is 16.3. The van der Waals surface area contributed by atoms with Crippen LogP contribution in [0.3, 0.4) is 0 Å². The first kappa shape index (κ1) is 11.9. The first-order valence-corrected chi connectivity index (χ1v) is 5.74. The van der Waals surface area contributed by atoms with Crippen molar-refractivity contribution in [1.29, 1.82) is 0 Å². The number of likely N-dealkylation sites (tertiary alicyclic amines) is 1. The number of hydrogen-bond donors (Lipinski definition) is 2. The number of aliphatic hydroxyl groups excluding tert-OH is 1. The summed E-state index contributed by atoms with van der Waals surface area (Å²) in [6.45, 7) is 2.92. The number of aromatic nitrogens is 1. The van der Waals surface area contributed by atoms with Gasteiger partial charge in [0.15, 0.2) is 0 Å². The number of aliphatic hydroxyl groups is 1. The Morgan fingerprint density at radius 1 is 1.53 bits per heavy atom. The van der Waals surface area contributed by atoms with Crippen LogP contribution >= 0.6 is 0 Å². The molecule has 1 aliphatic rings.